The molecule has 1 amide bonds. The minimum atomic E-state index is -4.82. The lowest BCUT2D eigenvalue weighted by atomic mass is 10.00. The maximum absolute atomic E-state index is 15.1. The van der Waals surface area contributed by atoms with Gasteiger partial charge in [0.1, 0.15) is 11.9 Å². The molecule has 1 aliphatic rings. The standard InChI is InChI=1S/C27H24F4N6O4/c1-3-41-22(38)12-21-23-33-35-26(27(29,30)31)37(23)14(2)13-36(21)25(40)18-10-15(8-9-19(18)28)11-20-16-6-4-5-7-17(16)24(39)34-32-20/h4-10,14,21H,3,11-13H2,1-2H3,(H,34,39). The molecular formula is C27H24F4N6O4. The number of rotatable bonds is 6. The van der Waals surface area contributed by atoms with Crippen LogP contribution in [-0.4, -0.2) is 54.9 Å². The second-order valence-corrected chi connectivity index (χ2v) is 9.62. The van der Waals surface area contributed by atoms with Crippen molar-refractivity contribution in [3.05, 3.63) is 87.1 Å². The Morgan fingerprint density at radius 1 is 1.12 bits per heavy atom. The topological polar surface area (TPSA) is 123 Å². The molecule has 0 saturated heterocycles. The SMILES string of the molecule is CCOC(=O)CC1c2nnc(C(F)(F)F)n2C(C)CN1C(=O)c1cc(Cc2n[nH]c(=O)c3ccccc23)ccc1F. The lowest BCUT2D eigenvalue weighted by Crippen LogP contribution is -2.46. The summed E-state index contributed by atoms with van der Waals surface area (Å²) < 4.78 is 61.9. The molecule has 14 heteroatoms. The van der Waals surface area contributed by atoms with E-state index in [0.29, 0.717) is 22.0 Å². The molecule has 1 aliphatic heterocycles. The van der Waals surface area contributed by atoms with E-state index in [1.54, 1.807) is 31.2 Å². The van der Waals surface area contributed by atoms with E-state index in [1.165, 1.54) is 19.1 Å². The fourth-order valence-electron chi connectivity index (χ4n) is 5.10. The third-order valence-electron chi connectivity index (χ3n) is 6.89. The first-order valence-electron chi connectivity index (χ1n) is 12.7. The summed E-state index contributed by atoms with van der Waals surface area (Å²) in [7, 11) is 0. The average Bonchev–Trinajstić information content (AvgIpc) is 3.40. The maximum atomic E-state index is 15.1. The van der Waals surface area contributed by atoms with Crippen LogP contribution < -0.4 is 5.56 Å². The van der Waals surface area contributed by atoms with Gasteiger partial charge >= 0.3 is 12.1 Å². The highest BCUT2D eigenvalue weighted by Gasteiger charge is 2.46. The molecular weight excluding hydrogens is 548 g/mol. The minimum Gasteiger partial charge on any atom is -0.466 e. The number of hydrogen-bond donors (Lipinski definition) is 1. The Balaban J connectivity index is 1.52. The Labute approximate surface area is 229 Å². The predicted octanol–water partition coefficient (Wildman–Crippen LogP) is 3.97. The number of fused-ring (bicyclic) bond motifs is 2. The molecule has 2 atom stereocenters. The van der Waals surface area contributed by atoms with E-state index in [0.717, 1.165) is 15.5 Å². The molecule has 41 heavy (non-hydrogen) atoms. The van der Waals surface area contributed by atoms with Gasteiger partial charge in [-0.3, -0.25) is 14.4 Å². The Bertz CT molecular complexity index is 1700. The number of aromatic nitrogens is 5. The summed E-state index contributed by atoms with van der Waals surface area (Å²) in [6.07, 6.45) is -5.18. The van der Waals surface area contributed by atoms with Gasteiger partial charge in [0, 0.05) is 18.4 Å². The molecule has 0 fully saturated rings. The lowest BCUT2D eigenvalue weighted by Gasteiger charge is -2.39. The summed E-state index contributed by atoms with van der Waals surface area (Å²) in [6, 6.07) is 8.51. The Kier molecular flexibility index (Phi) is 7.32. The molecule has 10 nitrogen and oxygen atoms in total. The van der Waals surface area contributed by atoms with Crippen molar-refractivity contribution in [2.75, 3.05) is 13.2 Å². The van der Waals surface area contributed by atoms with Gasteiger partial charge in [-0.25, -0.2) is 9.49 Å². The Hall–Kier alpha value is -4.62. The van der Waals surface area contributed by atoms with Crippen molar-refractivity contribution in [3.63, 3.8) is 0 Å². The number of aromatic amines is 1. The van der Waals surface area contributed by atoms with Crippen LogP contribution in [0.5, 0.6) is 0 Å². The van der Waals surface area contributed by atoms with E-state index in [9.17, 15) is 27.6 Å². The van der Waals surface area contributed by atoms with Crippen molar-refractivity contribution in [3.8, 4) is 0 Å². The number of esters is 1. The number of nitrogens with one attached hydrogen (secondary N) is 1. The fourth-order valence-corrected chi connectivity index (χ4v) is 5.10. The van der Waals surface area contributed by atoms with E-state index in [1.807, 2.05) is 0 Å². The van der Waals surface area contributed by atoms with E-state index in [-0.39, 0.29) is 36.5 Å². The summed E-state index contributed by atoms with van der Waals surface area (Å²) in [4.78, 5) is 39.5. The molecule has 2 unspecified atom stereocenters. The van der Waals surface area contributed by atoms with Crippen LogP contribution in [0.25, 0.3) is 10.8 Å². The first kappa shape index (κ1) is 27.9. The number of alkyl halides is 3. The maximum Gasteiger partial charge on any atom is 0.451 e. The van der Waals surface area contributed by atoms with Gasteiger partial charge in [-0.1, -0.05) is 24.3 Å². The number of nitrogens with zero attached hydrogens (tertiary/aromatic N) is 5. The molecule has 0 radical (unpaired) electrons. The van der Waals surface area contributed by atoms with Crippen LogP contribution in [0.4, 0.5) is 17.6 Å². The molecule has 4 aromatic rings. The zero-order valence-electron chi connectivity index (χ0n) is 21.9. The highest BCUT2D eigenvalue weighted by molar-refractivity contribution is 5.95. The molecule has 214 valence electrons. The van der Waals surface area contributed by atoms with E-state index >= 15 is 4.39 Å². The normalized spacial score (nSPS) is 17.0. The highest BCUT2D eigenvalue weighted by Crippen LogP contribution is 2.39. The van der Waals surface area contributed by atoms with Crippen molar-refractivity contribution in [2.45, 2.75) is 44.9 Å². The molecule has 3 heterocycles. The van der Waals surface area contributed by atoms with Gasteiger partial charge in [-0.2, -0.15) is 18.3 Å². The van der Waals surface area contributed by atoms with Crippen molar-refractivity contribution < 1.29 is 31.9 Å². The van der Waals surface area contributed by atoms with E-state index in [4.69, 9.17) is 4.74 Å². The quantitative estimate of drug-likeness (QED) is 0.274. The number of carbonyl (C=O) groups excluding carboxylic acids is 2. The van der Waals surface area contributed by atoms with Crippen LogP contribution in [0.2, 0.25) is 0 Å². The van der Waals surface area contributed by atoms with Gasteiger partial charge in [0.25, 0.3) is 11.5 Å². The highest BCUT2D eigenvalue weighted by atomic mass is 19.4. The van der Waals surface area contributed by atoms with E-state index < -0.39 is 48.2 Å². The smallest absolute Gasteiger partial charge is 0.451 e. The second kappa shape index (κ2) is 10.7. The van der Waals surface area contributed by atoms with Crippen LogP contribution >= 0.6 is 0 Å². The molecule has 5 rings (SSSR count). The van der Waals surface area contributed by atoms with E-state index in [2.05, 4.69) is 20.4 Å². The molecule has 0 aliphatic carbocycles. The van der Waals surface area contributed by atoms with Crippen LogP contribution in [0.1, 0.15) is 65.6 Å². The molecule has 2 aromatic heterocycles. The number of halogens is 4. The van der Waals surface area contributed by atoms with Crippen LogP contribution in [0.3, 0.4) is 0 Å². The number of H-pyrrole nitrogens is 1. The van der Waals surface area contributed by atoms with Crippen molar-refractivity contribution in [2.24, 2.45) is 0 Å². The number of benzene rings is 2. The van der Waals surface area contributed by atoms with Gasteiger partial charge in [-0.15, -0.1) is 10.2 Å². The summed E-state index contributed by atoms with van der Waals surface area (Å²) in [6.45, 7) is 2.76. The first-order valence-corrected chi connectivity index (χ1v) is 12.7. The van der Waals surface area contributed by atoms with Crippen molar-refractivity contribution in [1.29, 1.82) is 0 Å². The average molecular weight is 573 g/mol. The monoisotopic (exact) mass is 572 g/mol. The van der Waals surface area contributed by atoms with Gasteiger partial charge in [0.05, 0.1) is 35.7 Å². The Morgan fingerprint density at radius 3 is 2.56 bits per heavy atom. The van der Waals surface area contributed by atoms with Gasteiger partial charge < -0.3 is 14.2 Å². The summed E-state index contributed by atoms with van der Waals surface area (Å²) in [5, 5.41) is 14.5. The number of hydrogen-bond acceptors (Lipinski definition) is 7. The zero-order valence-corrected chi connectivity index (χ0v) is 21.9. The van der Waals surface area contributed by atoms with Crippen molar-refractivity contribution in [1.82, 2.24) is 29.9 Å². The van der Waals surface area contributed by atoms with Gasteiger partial charge in [-0.05, 0) is 37.6 Å². The van der Waals surface area contributed by atoms with Crippen LogP contribution in [0.15, 0.2) is 47.3 Å². The third kappa shape index (κ3) is 5.28. The molecule has 0 spiro atoms. The summed E-state index contributed by atoms with van der Waals surface area (Å²) >= 11 is 0. The predicted molar refractivity (Wildman–Crippen MR) is 136 cm³/mol. The fraction of sp³-hybridized carbons (Fsp3) is 0.333. The number of ether oxygens (including phenoxy) is 1. The number of carbonyl (C=O) groups is 2. The third-order valence-corrected chi connectivity index (χ3v) is 6.89. The molecule has 2 aromatic carbocycles. The van der Waals surface area contributed by atoms with Crippen molar-refractivity contribution >= 4 is 22.6 Å². The lowest BCUT2D eigenvalue weighted by molar-refractivity contribution is -0.148. The summed E-state index contributed by atoms with van der Waals surface area (Å²) in [5.74, 6) is -3.97. The zero-order chi connectivity index (χ0) is 29.5. The Morgan fingerprint density at radius 2 is 1.85 bits per heavy atom. The van der Waals surface area contributed by atoms with Crippen LogP contribution in [-0.2, 0) is 22.1 Å². The summed E-state index contributed by atoms with van der Waals surface area (Å²) in [5.41, 5.74) is 0.271. The minimum absolute atomic E-state index is 0.0144. The molecule has 1 N–H and O–H groups in total. The largest absolute Gasteiger partial charge is 0.466 e. The number of amides is 1. The van der Waals surface area contributed by atoms with Gasteiger partial charge in [0.15, 0.2) is 5.82 Å². The first-order chi connectivity index (χ1) is 19.5. The van der Waals surface area contributed by atoms with Gasteiger partial charge in [0.2, 0.25) is 5.82 Å². The van der Waals surface area contributed by atoms with Crippen LogP contribution in [0, 0.1) is 5.82 Å². The second-order valence-electron chi connectivity index (χ2n) is 9.62. The molecule has 0 saturated carbocycles. The molecule has 0 bridgehead atoms.